The van der Waals surface area contributed by atoms with Crippen LogP contribution in [0.25, 0.3) is 21.8 Å². The number of nitrogen functional groups attached to an aromatic ring is 1. The highest BCUT2D eigenvalue weighted by Crippen LogP contribution is 2.36. The number of aliphatic imine (C=N–C) groups is 1. The third kappa shape index (κ3) is 11.7. The van der Waals surface area contributed by atoms with E-state index in [1.54, 1.807) is 18.5 Å². The number of rotatable bonds is 3. The van der Waals surface area contributed by atoms with Gasteiger partial charge < -0.3 is 45.4 Å². The van der Waals surface area contributed by atoms with Gasteiger partial charge in [-0.1, -0.05) is 11.6 Å². The lowest BCUT2D eigenvalue weighted by Crippen LogP contribution is -2.36. The Labute approximate surface area is 358 Å². The Bertz CT molecular complexity index is 2730. The molecule has 3 aliphatic heterocycles. The van der Waals surface area contributed by atoms with Gasteiger partial charge in [-0.3, -0.25) is 14.6 Å². The number of carbonyl (C=O) groups is 1. The number of morpholine rings is 2. The molecular weight excluding hydrogens is 864 g/mol. The number of H-pyrrole nitrogens is 2. The van der Waals surface area contributed by atoms with E-state index in [9.17, 15) is 40.7 Å². The molecule has 2 aromatic heterocycles. The molecule has 5 heterocycles. The summed E-state index contributed by atoms with van der Waals surface area (Å²) in [5, 5.41) is 11.7. The van der Waals surface area contributed by atoms with Gasteiger partial charge in [-0.2, -0.15) is 0 Å². The first-order valence-electron chi connectivity index (χ1n) is 18.6. The number of carboxylic acids is 1. The van der Waals surface area contributed by atoms with Gasteiger partial charge in [0.05, 0.1) is 84.2 Å². The minimum atomic E-state index is -1.38. The lowest BCUT2D eigenvalue weighted by atomic mass is 10.1. The summed E-state index contributed by atoms with van der Waals surface area (Å²) in [5.74, 6) is -6.48. The minimum absolute atomic E-state index is 0.0430. The van der Waals surface area contributed by atoms with Crippen molar-refractivity contribution in [2.45, 2.75) is 5.50 Å². The van der Waals surface area contributed by atoms with Crippen LogP contribution in [0.2, 0.25) is 0 Å². The molecule has 3 aliphatic rings. The molecule has 6 aromatic rings. The molecule has 0 aliphatic carbocycles. The molecule has 0 spiro atoms. The number of alkyl halides is 1. The number of nitrogens with one attached hydrogen (secondary N) is 3. The number of benzene rings is 4. The molecule has 15 nitrogen and oxygen atoms in total. The van der Waals surface area contributed by atoms with Crippen LogP contribution in [-0.2, 0) is 9.47 Å². The zero-order valence-electron chi connectivity index (χ0n) is 32.9. The lowest BCUT2D eigenvalue weighted by Gasteiger charge is -2.30. The van der Waals surface area contributed by atoms with E-state index in [4.69, 9.17) is 31.9 Å². The predicted octanol–water partition coefficient (Wildman–Crippen LogP) is 6.50. The van der Waals surface area contributed by atoms with Crippen LogP contribution < -0.4 is 32.0 Å². The maximum atomic E-state index is 14.1. The number of aromatic nitrogens is 4. The summed E-state index contributed by atoms with van der Waals surface area (Å²) in [6.07, 6.45) is 4.01. The maximum Gasteiger partial charge on any atom is 0.337 e. The van der Waals surface area contributed by atoms with Gasteiger partial charge >= 0.3 is 5.97 Å². The first-order valence-corrected chi connectivity index (χ1v) is 19.0. The van der Waals surface area contributed by atoms with Gasteiger partial charge in [0, 0.05) is 55.2 Å². The summed E-state index contributed by atoms with van der Waals surface area (Å²) in [6, 6.07) is 9.01. The Morgan fingerprint density at radius 3 is 1.71 bits per heavy atom. The van der Waals surface area contributed by atoms with Crippen molar-refractivity contribution in [2.75, 3.05) is 73.5 Å². The van der Waals surface area contributed by atoms with Crippen molar-refractivity contribution >= 4 is 68.5 Å². The normalized spacial score (nSPS) is 15.2. The predicted molar refractivity (Wildman–Crippen MR) is 227 cm³/mol. The van der Waals surface area contributed by atoms with Crippen LogP contribution in [0.4, 0.5) is 49.1 Å². The molecule has 1 atom stereocenters. The number of ether oxygens (including phenoxy) is 2. The second-order valence-electron chi connectivity index (χ2n) is 13.1. The Morgan fingerprint density at radius 2 is 1.16 bits per heavy atom. The molecular formula is C41H38ClF6N9O6. The van der Waals surface area contributed by atoms with Crippen LogP contribution >= 0.6 is 11.6 Å². The van der Waals surface area contributed by atoms with E-state index in [0.717, 1.165) is 24.1 Å². The van der Waals surface area contributed by atoms with Gasteiger partial charge in [0.25, 0.3) is 11.1 Å². The Balaban J connectivity index is 0.000000159. The van der Waals surface area contributed by atoms with E-state index in [2.05, 4.69) is 43.4 Å². The molecule has 2 fully saturated rings. The molecule has 4 aromatic carbocycles. The first kappa shape index (κ1) is 47.1. The van der Waals surface area contributed by atoms with Gasteiger partial charge in [-0.05, 0) is 36.4 Å². The summed E-state index contributed by atoms with van der Waals surface area (Å²) in [6.45, 7) is 11.1. The van der Waals surface area contributed by atoms with Crippen LogP contribution in [0.5, 0.6) is 0 Å². The molecule has 22 heteroatoms. The van der Waals surface area contributed by atoms with Crippen molar-refractivity contribution in [3.63, 3.8) is 0 Å². The highest BCUT2D eigenvalue weighted by Gasteiger charge is 2.22. The molecule has 332 valence electrons. The van der Waals surface area contributed by atoms with E-state index in [1.165, 1.54) is 18.5 Å². The number of nitrogens with zero attached hydrogens (tertiary/aromatic N) is 5. The fourth-order valence-corrected chi connectivity index (χ4v) is 6.37. The number of aromatic amines is 2. The highest BCUT2D eigenvalue weighted by atomic mass is 35.5. The quantitative estimate of drug-likeness (QED) is 0.0425. The maximum absolute atomic E-state index is 14.1. The fraction of sp³-hybridized carbons (Fsp3) is 0.220. The topological polar surface area (TPSA) is 204 Å². The Hall–Kier alpha value is -6.97. The second kappa shape index (κ2) is 21.7. The van der Waals surface area contributed by atoms with Crippen molar-refractivity contribution in [2.24, 2.45) is 4.99 Å². The van der Waals surface area contributed by atoms with E-state index < -0.39 is 51.7 Å². The zero-order valence-corrected chi connectivity index (χ0v) is 33.7. The first-order chi connectivity index (χ1) is 30.2. The summed E-state index contributed by atoms with van der Waals surface area (Å²) < 4.78 is 88.8. The van der Waals surface area contributed by atoms with Gasteiger partial charge in [-0.25, -0.2) is 41.1 Å². The van der Waals surface area contributed by atoms with Crippen LogP contribution in [0.15, 0.2) is 88.9 Å². The largest absolute Gasteiger partial charge is 0.478 e. The molecule has 2 saturated heterocycles. The number of aromatic carboxylic acids is 1. The van der Waals surface area contributed by atoms with E-state index >= 15 is 0 Å². The molecule has 0 saturated carbocycles. The fourth-order valence-electron chi connectivity index (χ4n) is 6.13. The van der Waals surface area contributed by atoms with Gasteiger partial charge in [0.15, 0.2) is 28.8 Å². The van der Waals surface area contributed by atoms with Gasteiger partial charge in [0.2, 0.25) is 0 Å². The van der Waals surface area contributed by atoms with E-state index in [0.29, 0.717) is 87.2 Å². The molecule has 0 bridgehead atoms. The number of fused-ring (bicyclic) bond motifs is 3. The lowest BCUT2D eigenvalue weighted by molar-refractivity contribution is 0.0697. The summed E-state index contributed by atoms with van der Waals surface area (Å²) in [5.41, 5.74) is 6.24. The third-order valence-electron chi connectivity index (χ3n) is 9.22. The third-order valence-corrected chi connectivity index (χ3v) is 9.57. The number of nitrogens with two attached hydrogens (primary N) is 1. The second-order valence-corrected chi connectivity index (χ2v) is 13.5. The number of anilines is 4. The van der Waals surface area contributed by atoms with Crippen LogP contribution in [0.3, 0.4) is 0 Å². The monoisotopic (exact) mass is 901 g/mol. The highest BCUT2D eigenvalue weighted by molar-refractivity contribution is 6.22. The molecule has 6 N–H and O–H groups in total. The average molecular weight is 902 g/mol. The van der Waals surface area contributed by atoms with Crippen LogP contribution in [-0.4, -0.2) is 90.0 Å². The number of carboxylic acid groups (broad SMARTS) is 1. The van der Waals surface area contributed by atoms with Crippen molar-refractivity contribution in [1.29, 1.82) is 0 Å². The summed E-state index contributed by atoms with van der Waals surface area (Å²) in [7, 11) is 0. The van der Waals surface area contributed by atoms with Gasteiger partial charge in [-0.15, -0.1) is 13.2 Å². The number of hydrogen-bond donors (Lipinski definition) is 5. The van der Waals surface area contributed by atoms with Gasteiger partial charge in [0.1, 0.15) is 11.6 Å². The van der Waals surface area contributed by atoms with Crippen LogP contribution in [0, 0.1) is 34.9 Å². The Morgan fingerprint density at radius 1 is 0.698 bits per heavy atom. The molecule has 0 amide bonds. The molecule has 1 unspecified atom stereocenters. The van der Waals surface area contributed by atoms with Crippen molar-refractivity contribution in [1.82, 2.24) is 19.9 Å². The molecule has 9 rings (SSSR count). The van der Waals surface area contributed by atoms with E-state index in [1.807, 2.05) is 9.80 Å². The van der Waals surface area contributed by atoms with Crippen molar-refractivity contribution in [3.05, 3.63) is 141 Å². The summed E-state index contributed by atoms with van der Waals surface area (Å²) >= 11 is 6.02. The SMILES string of the molecule is C=C.Fc1cc2c(cc1N1CCOCC1)NC=NC2Cl.Nc1cc(F)c(F)cc1C(=O)O.O=c1[nH]cnc2cc(F)c(F)cc12.O=c1[nH]cnc2cc(N3CCOCC3)c(F)cc12. The smallest absolute Gasteiger partial charge is 0.337 e. The summed E-state index contributed by atoms with van der Waals surface area (Å²) in [4.78, 5) is 53.2. The van der Waals surface area contributed by atoms with E-state index in [-0.39, 0.29) is 33.4 Å². The standard InChI is InChI=1S/C12H13ClFN3O.C12H12FN3O2.C8H4F2N2O.C7H5F2NO2.C2H4/c13-12-8-5-9(14)11(6-10(8)15-7-16-12)17-1-3-18-4-2-17;13-9-5-8-10(14-7-15-12(8)17)6-11(9)16-1-3-18-4-2-16;9-5-1-4-7(2-6(5)10)11-3-12-8(4)13;8-4-1-3(7(11)12)6(10)2-5(4)9;1-2/h5-7,12H,1-4H2,(H,15,16);5-7H,1-4H2,(H,14,15,17);1-3H,(H,11,12,13);1-2H,10H2,(H,11,12);1-2H2. The zero-order chi connectivity index (χ0) is 45.8. The minimum Gasteiger partial charge on any atom is -0.478 e. The Kier molecular flexibility index (Phi) is 16.2. The van der Waals surface area contributed by atoms with Crippen molar-refractivity contribution in [3.8, 4) is 0 Å². The average Bonchev–Trinajstić information content (AvgIpc) is 3.28. The molecule has 63 heavy (non-hydrogen) atoms. The van der Waals surface area contributed by atoms with Crippen LogP contribution in [0.1, 0.15) is 21.4 Å². The van der Waals surface area contributed by atoms with Crippen molar-refractivity contribution < 1.29 is 45.7 Å². The number of halogens is 7. The number of hydrogen-bond acceptors (Lipinski definition) is 12. The molecule has 0 radical (unpaired) electrons.